The average molecular weight is 370 g/mol. The van der Waals surface area contributed by atoms with E-state index < -0.39 is 17.7 Å². The molecule has 0 fully saturated rings. The van der Waals surface area contributed by atoms with Crippen LogP contribution in [0.5, 0.6) is 11.5 Å². The zero-order chi connectivity index (χ0) is 19.6. The van der Waals surface area contributed by atoms with E-state index in [1.165, 1.54) is 7.11 Å². The fourth-order valence-corrected chi connectivity index (χ4v) is 3.25. The van der Waals surface area contributed by atoms with Crippen LogP contribution in [-0.4, -0.2) is 30.4 Å². The molecule has 1 N–H and O–H groups in total. The summed E-state index contributed by atoms with van der Waals surface area (Å²) in [5.74, 6) is 0.544. The van der Waals surface area contributed by atoms with E-state index in [2.05, 4.69) is 6.07 Å². The lowest BCUT2D eigenvalue weighted by Crippen LogP contribution is -2.28. The van der Waals surface area contributed by atoms with Gasteiger partial charge in [0.05, 0.1) is 19.3 Å². The minimum Gasteiger partial charge on any atom is -0.508 e. The van der Waals surface area contributed by atoms with Crippen LogP contribution in [0.15, 0.2) is 36.4 Å². The van der Waals surface area contributed by atoms with Gasteiger partial charge >= 0.3 is 5.97 Å². The Morgan fingerprint density at radius 3 is 2.67 bits per heavy atom. The largest absolute Gasteiger partial charge is 0.508 e. The number of rotatable bonds is 4. The maximum Gasteiger partial charge on any atom is 0.339 e. The number of aromatic hydroxyl groups is 1. The number of carbonyl (C=O) groups excluding carboxylic acids is 1. The molecular formula is C22H26O5. The predicted octanol–water partition coefficient (Wildman–Crippen LogP) is 4.41. The van der Waals surface area contributed by atoms with Crippen LogP contribution in [0, 0.1) is 0 Å². The van der Waals surface area contributed by atoms with Crippen molar-refractivity contribution < 1.29 is 24.1 Å². The molecule has 0 amide bonds. The molecule has 1 heterocycles. The molecule has 1 aliphatic heterocycles. The fraction of sp³-hybridized carbons (Fsp3) is 0.409. The highest BCUT2D eigenvalue weighted by atomic mass is 16.6. The van der Waals surface area contributed by atoms with Crippen LogP contribution in [0.1, 0.15) is 44.4 Å². The molecular weight excluding hydrogens is 344 g/mol. The van der Waals surface area contributed by atoms with E-state index in [1.807, 2.05) is 32.9 Å². The first-order valence-electron chi connectivity index (χ1n) is 9.13. The number of phenols is 1. The maximum absolute atomic E-state index is 12.5. The zero-order valence-electron chi connectivity index (χ0n) is 16.2. The van der Waals surface area contributed by atoms with Gasteiger partial charge < -0.3 is 19.3 Å². The van der Waals surface area contributed by atoms with Crippen molar-refractivity contribution in [1.29, 1.82) is 0 Å². The monoisotopic (exact) mass is 370 g/mol. The molecule has 0 bridgehead atoms. The highest BCUT2D eigenvalue weighted by Crippen LogP contribution is 2.38. The Balaban J connectivity index is 2.10. The van der Waals surface area contributed by atoms with E-state index in [0.29, 0.717) is 5.56 Å². The second-order valence-electron chi connectivity index (χ2n) is 7.68. The summed E-state index contributed by atoms with van der Waals surface area (Å²) in [5, 5.41) is 10.1. The summed E-state index contributed by atoms with van der Waals surface area (Å²) in [7, 11) is 1.34. The van der Waals surface area contributed by atoms with Gasteiger partial charge in [-0.15, -0.1) is 0 Å². The number of benzene rings is 2. The molecule has 5 heteroatoms. The zero-order valence-corrected chi connectivity index (χ0v) is 16.2. The van der Waals surface area contributed by atoms with Crippen molar-refractivity contribution in [3.05, 3.63) is 47.5 Å². The summed E-state index contributed by atoms with van der Waals surface area (Å²) >= 11 is 0. The third kappa shape index (κ3) is 4.42. The Kier molecular flexibility index (Phi) is 5.42. The Hall–Kier alpha value is -2.53. The van der Waals surface area contributed by atoms with Gasteiger partial charge in [-0.25, -0.2) is 4.79 Å². The number of hydrogen-bond donors (Lipinski definition) is 1. The van der Waals surface area contributed by atoms with Crippen molar-refractivity contribution in [2.75, 3.05) is 13.7 Å². The van der Waals surface area contributed by atoms with Crippen LogP contribution in [-0.2, 0) is 20.7 Å². The highest BCUT2D eigenvalue weighted by Gasteiger charge is 2.30. The predicted molar refractivity (Wildman–Crippen MR) is 103 cm³/mol. The van der Waals surface area contributed by atoms with Crippen molar-refractivity contribution in [1.82, 2.24) is 0 Å². The Morgan fingerprint density at radius 2 is 1.96 bits per heavy atom. The van der Waals surface area contributed by atoms with Crippen LogP contribution >= 0.6 is 0 Å². The van der Waals surface area contributed by atoms with Gasteiger partial charge in [0.1, 0.15) is 11.5 Å². The van der Waals surface area contributed by atoms with E-state index in [1.54, 1.807) is 18.2 Å². The molecule has 1 unspecified atom stereocenters. The quantitative estimate of drug-likeness (QED) is 0.808. The third-order valence-corrected chi connectivity index (χ3v) is 4.43. The van der Waals surface area contributed by atoms with Gasteiger partial charge in [-0.05, 0) is 74.6 Å². The van der Waals surface area contributed by atoms with E-state index in [9.17, 15) is 9.90 Å². The first-order chi connectivity index (χ1) is 12.8. The second-order valence-corrected chi connectivity index (χ2v) is 7.68. The molecule has 2 aromatic carbocycles. The van der Waals surface area contributed by atoms with Gasteiger partial charge in [-0.3, -0.25) is 0 Å². The molecule has 0 aromatic heterocycles. The number of aryl methyl sites for hydroxylation is 1. The van der Waals surface area contributed by atoms with Crippen molar-refractivity contribution in [3.63, 3.8) is 0 Å². The van der Waals surface area contributed by atoms with Crippen molar-refractivity contribution in [2.24, 2.45) is 0 Å². The Morgan fingerprint density at radius 1 is 1.19 bits per heavy atom. The molecule has 0 aliphatic carbocycles. The molecule has 0 saturated carbocycles. The molecule has 0 radical (unpaired) electrons. The van der Waals surface area contributed by atoms with E-state index in [0.717, 1.165) is 41.9 Å². The molecule has 2 aromatic rings. The molecule has 1 aliphatic rings. The van der Waals surface area contributed by atoms with Crippen LogP contribution < -0.4 is 4.74 Å². The maximum atomic E-state index is 12.5. The molecule has 0 saturated heterocycles. The molecule has 27 heavy (non-hydrogen) atoms. The number of carbonyl (C=O) groups is 1. The number of hydrogen-bond acceptors (Lipinski definition) is 5. The van der Waals surface area contributed by atoms with E-state index in [4.69, 9.17) is 14.2 Å². The first kappa shape index (κ1) is 19.2. The Labute approximate surface area is 159 Å². The highest BCUT2D eigenvalue weighted by molar-refractivity contribution is 5.82. The molecule has 0 spiro atoms. The van der Waals surface area contributed by atoms with Gasteiger partial charge in [-0.2, -0.15) is 0 Å². The summed E-state index contributed by atoms with van der Waals surface area (Å²) in [6.45, 7) is 6.39. The fourth-order valence-electron chi connectivity index (χ4n) is 3.25. The van der Waals surface area contributed by atoms with Crippen molar-refractivity contribution in [2.45, 2.75) is 45.3 Å². The normalized spacial score (nSPS) is 14.8. The molecule has 144 valence electrons. The minimum absolute atomic E-state index is 0.127. The minimum atomic E-state index is -0.891. The lowest BCUT2D eigenvalue weighted by molar-refractivity contribution is -0.164. The van der Waals surface area contributed by atoms with Crippen LogP contribution in [0.2, 0.25) is 0 Å². The van der Waals surface area contributed by atoms with Gasteiger partial charge in [-0.1, -0.05) is 12.1 Å². The molecule has 3 rings (SSSR count). The van der Waals surface area contributed by atoms with Crippen molar-refractivity contribution in [3.8, 4) is 22.6 Å². The van der Waals surface area contributed by atoms with Crippen LogP contribution in [0.4, 0.5) is 0 Å². The SMILES string of the molecule is COC(=O)C(OC(C)(C)C)c1ccc(O)cc1-c1ccc2c(c1)CCCO2. The molecule has 5 nitrogen and oxygen atoms in total. The summed E-state index contributed by atoms with van der Waals surface area (Å²) in [5.41, 5.74) is 2.88. The van der Waals surface area contributed by atoms with Crippen molar-refractivity contribution >= 4 is 5.97 Å². The summed E-state index contributed by atoms with van der Waals surface area (Å²) in [6.07, 6.45) is 1.02. The van der Waals surface area contributed by atoms with Gasteiger partial charge in [0, 0.05) is 5.56 Å². The van der Waals surface area contributed by atoms with Gasteiger partial charge in [0.25, 0.3) is 0 Å². The summed E-state index contributed by atoms with van der Waals surface area (Å²) in [6, 6.07) is 10.9. The van der Waals surface area contributed by atoms with Crippen LogP contribution in [0.25, 0.3) is 11.1 Å². The topological polar surface area (TPSA) is 65.0 Å². The second kappa shape index (κ2) is 7.61. The van der Waals surface area contributed by atoms with E-state index >= 15 is 0 Å². The number of phenolic OH excluding ortho intramolecular Hbond substituents is 1. The third-order valence-electron chi connectivity index (χ3n) is 4.43. The van der Waals surface area contributed by atoms with Crippen LogP contribution in [0.3, 0.4) is 0 Å². The van der Waals surface area contributed by atoms with Gasteiger partial charge in [0.15, 0.2) is 6.10 Å². The smallest absolute Gasteiger partial charge is 0.339 e. The summed E-state index contributed by atoms with van der Waals surface area (Å²) < 4.78 is 16.7. The molecule has 1 atom stereocenters. The number of esters is 1. The first-order valence-corrected chi connectivity index (χ1v) is 9.13. The number of fused-ring (bicyclic) bond motifs is 1. The Bertz CT molecular complexity index is 835. The lowest BCUT2D eigenvalue weighted by Gasteiger charge is -2.28. The number of ether oxygens (including phenoxy) is 3. The number of methoxy groups -OCH3 is 1. The van der Waals surface area contributed by atoms with E-state index in [-0.39, 0.29) is 5.75 Å². The standard InChI is InChI=1S/C22H26O5/c1-22(2,3)27-20(21(24)25-4)17-9-8-16(23)13-18(17)14-7-10-19-15(12-14)6-5-11-26-19/h7-10,12-13,20,23H,5-6,11H2,1-4H3. The summed E-state index contributed by atoms with van der Waals surface area (Å²) in [4.78, 5) is 12.5. The van der Waals surface area contributed by atoms with Gasteiger partial charge in [0.2, 0.25) is 0 Å². The average Bonchev–Trinajstić information content (AvgIpc) is 2.64. The lowest BCUT2D eigenvalue weighted by atomic mass is 9.92.